The number of hydrogen-bond donors (Lipinski definition) is 2. The van der Waals surface area contributed by atoms with Crippen LogP contribution in [-0.2, 0) is 32.4 Å². The second kappa shape index (κ2) is 10.6. The number of benzene rings is 2. The number of hydrogen-bond acceptors (Lipinski definition) is 5. The normalized spacial score (nSPS) is 17.2. The molecule has 2 aliphatic rings. The third-order valence-electron chi connectivity index (χ3n) is 5.83. The number of carbonyl (C=O) groups excluding carboxylic acids is 1. The quantitative estimate of drug-likeness (QED) is 0.573. The molecular formula is C24H31N3O4S. The van der Waals surface area contributed by atoms with Crippen molar-refractivity contribution in [3.05, 3.63) is 59.7 Å². The van der Waals surface area contributed by atoms with Crippen LogP contribution in [-0.4, -0.2) is 58.1 Å². The van der Waals surface area contributed by atoms with Gasteiger partial charge in [-0.15, -0.1) is 0 Å². The molecule has 2 aromatic carbocycles. The van der Waals surface area contributed by atoms with Gasteiger partial charge in [0.25, 0.3) is 0 Å². The molecule has 1 aliphatic heterocycles. The molecule has 0 spiro atoms. The minimum absolute atomic E-state index is 0.0573. The summed E-state index contributed by atoms with van der Waals surface area (Å²) in [5, 5.41) is 2.94. The van der Waals surface area contributed by atoms with E-state index in [9.17, 15) is 13.2 Å². The number of sulfonamides is 1. The van der Waals surface area contributed by atoms with Gasteiger partial charge in [-0.05, 0) is 61.1 Å². The Morgan fingerprint density at radius 1 is 0.938 bits per heavy atom. The number of amides is 1. The van der Waals surface area contributed by atoms with Crippen LogP contribution >= 0.6 is 0 Å². The van der Waals surface area contributed by atoms with Crippen molar-refractivity contribution in [2.75, 3.05) is 38.2 Å². The number of ether oxygens (including phenoxy) is 1. The summed E-state index contributed by atoms with van der Waals surface area (Å²) >= 11 is 0. The molecule has 0 atom stereocenters. The summed E-state index contributed by atoms with van der Waals surface area (Å²) in [5.74, 6) is -0.0573. The fraction of sp³-hybridized carbons (Fsp3) is 0.458. The van der Waals surface area contributed by atoms with Crippen LogP contribution in [0.4, 0.5) is 5.69 Å². The van der Waals surface area contributed by atoms with E-state index in [0.29, 0.717) is 12.8 Å². The van der Waals surface area contributed by atoms with E-state index in [2.05, 4.69) is 27.1 Å². The highest BCUT2D eigenvalue weighted by molar-refractivity contribution is 7.89. The lowest BCUT2D eigenvalue weighted by Gasteiger charge is -2.26. The lowest BCUT2D eigenvalue weighted by Crippen LogP contribution is -2.37. The van der Waals surface area contributed by atoms with Gasteiger partial charge in [0.05, 0.1) is 18.1 Å². The number of nitrogens with one attached hydrogen (secondary N) is 2. The van der Waals surface area contributed by atoms with Crippen molar-refractivity contribution in [1.82, 2.24) is 9.62 Å². The van der Waals surface area contributed by atoms with Gasteiger partial charge in [-0.1, -0.05) is 24.3 Å². The minimum Gasteiger partial charge on any atom is -0.379 e. The molecule has 0 unspecified atom stereocenters. The monoisotopic (exact) mass is 457 g/mol. The first kappa shape index (κ1) is 22.9. The standard InChI is InChI=1S/C24H31N3O4S/c28-24(12-5-19-3-10-23(11-4-19)32(29,30)26-22-8-9-22)25-21-6-1-20(2-7-21)13-14-27-15-17-31-18-16-27/h1-4,6-7,10-11,22,26H,5,8-9,12-18H2,(H,25,28). The Kier molecular flexibility index (Phi) is 7.57. The van der Waals surface area contributed by atoms with E-state index in [-0.39, 0.29) is 16.8 Å². The van der Waals surface area contributed by atoms with Crippen LogP contribution in [0.1, 0.15) is 30.4 Å². The van der Waals surface area contributed by atoms with Crippen LogP contribution in [0.2, 0.25) is 0 Å². The minimum atomic E-state index is -3.44. The van der Waals surface area contributed by atoms with Crippen molar-refractivity contribution in [3.8, 4) is 0 Å². The van der Waals surface area contributed by atoms with Gasteiger partial charge in [0.1, 0.15) is 0 Å². The maximum atomic E-state index is 12.3. The third-order valence-corrected chi connectivity index (χ3v) is 7.37. The van der Waals surface area contributed by atoms with Gasteiger partial charge in [-0.2, -0.15) is 0 Å². The number of aryl methyl sites for hydroxylation is 1. The Hall–Kier alpha value is -2.26. The maximum absolute atomic E-state index is 12.3. The van der Waals surface area contributed by atoms with Crippen molar-refractivity contribution in [3.63, 3.8) is 0 Å². The Morgan fingerprint density at radius 3 is 2.22 bits per heavy atom. The third kappa shape index (κ3) is 6.87. The summed E-state index contributed by atoms with van der Waals surface area (Å²) in [4.78, 5) is 15.0. The average Bonchev–Trinajstić information content (AvgIpc) is 3.61. The highest BCUT2D eigenvalue weighted by atomic mass is 32.2. The summed E-state index contributed by atoms with van der Waals surface area (Å²) < 4.78 is 32.5. The molecule has 32 heavy (non-hydrogen) atoms. The molecule has 4 rings (SSSR count). The predicted molar refractivity (Wildman–Crippen MR) is 124 cm³/mol. The number of nitrogens with zero attached hydrogens (tertiary/aromatic N) is 1. The molecule has 0 aromatic heterocycles. The zero-order valence-electron chi connectivity index (χ0n) is 18.3. The van der Waals surface area contributed by atoms with Crippen molar-refractivity contribution >= 4 is 21.6 Å². The van der Waals surface area contributed by atoms with Crippen molar-refractivity contribution in [2.45, 2.75) is 43.0 Å². The summed E-state index contributed by atoms with van der Waals surface area (Å²) in [6.07, 6.45) is 3.69. The smallest absolute Gasteiger partial charge is 0.240 e. The van der Waals surface area contributed by atoms with E-state index in [1.54, 1.807) is 24.3 Å². The number of rotatable bonds is 10. The molecular weight excluding hydrogens is 426 g/mol. The fourth-order valence-electron chi connectivity index (χ4n) is 3.67. The zero-order chi connectivity index (χ0) is 22.4. The molecule has 1 saturated heterocycles. The highest BCUT2D eigenvalue weighted by Gasteiger charge is 2.27. The molecule has 0 bridgehead atoms. The van der Waals surface area contributed by atoms with Crippen LogP contribution in [0, 0.1) is 0 Å². The van der Waals surface area contributed by atoms with Crippen LogP contribution in [0.15, 0.2) is 53.4 Å². The van der Waals surface area contributed by atoms with E-state index >= 15 is 0 Å². The molecule has 172 valence electrons. The molecule has 1 amide bonds. The lowest BCUT2D eigenvalue weighted by molar-refractivity contribution is -0.116. The first-order chi connectivity index (χ1) is 15.5. The van der Waals surface area contributed by atoms with E-state index in [1.807, 2.05) is 12.1 Å². The first-order valence-electron chi connectivity index (χ1n) is 11.3. The second-order valence-electron chi connectivity index (χ2n) is 8.49. The average molecular weight is 458 g/mol. The van der Waals surface area contributed by atoms with Gasteiger partial charge in [0, 0.05) is 37.8 Å². The van der Waals surface area contributed by atoms with E-state index < -0.39 is 10.0 Å². The summed E-state index contributed by atoms with van der Waals surface area (Å²) in [6, 6.07) is 14.9. The lowest BCUT2D eigenvalue weighted by atomic mass is 10.1. The van der Waals surface area contributed by atoms with E-state index in [0.717, 1.165) is 63.4 Å². The number of morpholine rings is 1. The van der Waals surface area contributed by atoms with Crippen LogP contribution in [0.3, 0.4) is 0 Å². The van der Waals surface area contributed by atoms with Crippen molar-refractivity contribution < 1.29 is 17.9 Å². The molecule has 1 heterocycles. The van der Waals surface area contributed by atoms with E-state index in [1.165, 1.54) is 5.56 Å². The van der Waals surface area contributed by atoms with Gasteiger partial charge in [-0.25, -0.2) is 13.1 Å². The van der Waals surface area contributed by atoms with Crippen LogP contribution in [0.25, 0.3) is 0 Å². The molecule has 0 radical (unpaired) electrons. The molecule has 1 saturated carbocycles. The number of carbonyl (C=O) groups is 1. The molecule has 7 nitrogen and oxygen atoms in total. The molecule has 2 fully saturated rings. The summed E-state index contributed by atoms with van der Waals surface area (Å²) in [7, 11) is -3.44. The summed E-state index contributed by atoms with van der Waals surface area (Å²) in [6.45, 7) is 4.62. The zero-order valence-corrected chi connectivity index (χ0v) is 19.1. The first-order valence-corrected chi connectivity index (χ1v) is 12.8. The highest BCUT2D eigenvalue weighted by Crippen LogP contribution is 2.22. The fourth-order valence-corrected chi connectivity index (χ4v) is 4.98. The molecule has 8 heteroatoms. The van der Waals surface area contributed by atoms with Crippen molar-refractivity contribution in [1.29, 1.82) is 0 Å². The van der Waals surface area contributed by atoms with Crippen LogP contribution in [0.5, 0.6) is 0 Å². The Labute approximate surface area is 190 Å². The Balaban J connectivity index is 1.20. The summed E-state index contributed by atoms with van der Waals surface area (Å²) in [5.41, 5.74) is 2.97. The molecule has 2 N–H and O–H groups in total. The number of anilines is 1. The second-order valence-corrected chi connectivity index (χ2v) is 10.2. The maximum Gasteiger partial charge on any atom is 0.240 e. The van der Waals surface area contributed by atoms with Gasteiger partial charge < -0.3 is 10.1 Å². The Bertz CT molecular complexity index is 997. The predicted octanol–water partition coefficient (Wildman–Crippen LogP) is 2.57. The SMILES string of the molecule is O=C(CCc1ccc(S(=O)(=O)NC2CC2)cc1)Nc1ccc(CCN2CCOCC2)cc1. The van der Waals surface area contributed by atoms with Gasteiger partial charge >= 0.3 is 0 Å². The topological polar surface area (TPSA) is 87.7 Å². The van der Waals surface area contributed by atoms with Gasteiger partial charge in [0.15, 0.2) is 0 Å². The van der Waals surface area contributed by atoms with Crippen LogP contribution < -0.4 is 10.0 Å². The van der Waals surface area contributed by atoms with Crippen molar-refractivity contribution in [2.24, 2.45) is 0 Å². The Morgan fingerprint density at radius 2 is 1.56 bits per heavy atom. The molecule has 1 aliphatic carbocycles. The molecule has 2 aromatic rings. The largest absolute Gasteiger partial charge is 0.379 e. The van der Waals surface area contributed by atoms with E-state index in [4.69, 9.17) is 4.74 Å². The van der Waals surface area contributed by atoms with Gasteiger partial charge in [-0.3, -0.25) is 9.69 Å². The van der Waals surface area contributed by atoms with Gasteiger partial charge in [0.2, 0.25) is 15.9 Å².